The number of aromatic nitrogens is 5. The molecule has 0 bridgehead atoms. The number of carbonyl (C=O) groups is 1. The number of carbonyl (C=O) groups excluding carboxylic acids is 1. The number of amides is 1. The minimum atomic E-state index is -0.419. The van der Waals surface area contributed by atoms with Crippen molar-refractivity contribution >= 4 is 22.9 Å². The van der Waals surface area contributed by atoms with E-state index in [0.717, 1.165) is 16.1 Å². The molecule has 2 heterocycles. The van der Waals surface area contributed by atoms with Crippen LogP contribution in [-0.2, 0) is 0 Å². The molecule has 0 atom stereocenters. The van der Waals surface area contributed by atoms with E-state index in [1.165, 1.54) is 25.0 Å². The molecule has 1 aliphatic rings. The van der Waals surface area contributed by atoms with Crippen molar-refractivity contribution in [3.63, 3.8) is 0 Å². The van der Waals surface area contributed by atoms with Crippen LogP contribution in [-0.4, -0.2) is 31.5 Å². The molecule has 0 unspecified atom stereocenters. The molecule has 0 spiro atoms. The summed E-state index contributed by atoms with van der Waals surface area (Å²) in [4.78, 5) is 16.7. The summed E-state index contributed by atoms with van der Waals surface area (Å²) in [6.07, 6.45) is 3.76. The van der Waals surface area contributed by atoms with Crippen molar-refractivity contribution in [2.45, 2.75) is 32.1 Å². The molecule has 1 aliphatic carbocycles. The highest BCUT2D eigenvalue weighted by Gasteiger charge is 2.21. The van der Waals surface area contributed by atoms with Crippen LogP contribution >= 0.6 is 11.3 Å². The minimum absolute atomic E-state index is 0.00723. The summed E-state index contributed by atoms with van der Waals surface area (Å²) in [7, 11) is 0. The van der Waals surface area contributed by atoms with Gasteiger partial charge in [-0.2, -0.15) is 5.21 Å². The maximum atomic E-state index is 12.1. The molecule has 4 rings (SSSR count). The Bertz CT molecular complexity index is 994. The van der Waals surface area contributed by atoms with Crippen LogP contribution in [0, 0.1) is 18.8 Å². The van der Waals surface area contributed by atoms with Gasteiger partial charge in [0.05, 0.1) is 5.69 Å². The van der Waals surface area contributed by atoms with Gasteiger partial charge in [-0.25, -0.2) is 4.98 Å². The number of H-pyrrole nitrogens is 1. The molecule has 1 fully saturated rings. The molecule has 0 aliphatic heterocycles. The predicted octanol–water partition coefficient (Wildman–Crippen LogP) is 2.88. The predicted molar refractivity (Wildman–Crippen MR) is 98.0 cm³/mol. The molecule has 1 saturated carbocycles. The molecule has 7 nitrogen and oxygen atoms in total. The lowest BCUT2D eigenvalue weighted by Gasteiger charge is -2.22. The summed E-state index contributed by atoms with van der Waals surface area (Å²) in [6, 6.07) is 5.59. The van der Waals surface area contributed by atoms with Crippen molar-refractivity contribution in [3.8, 4) is 11.8 Å². The number of tetrazole rings is 1. The monoisotopic (exact) mass is 364 g/mol. The van der Waals surface area contributed by atoms with Crippen LogP contribution < -0.4 is 5.32 Å². The average molecular weight is 364 g/mol. The summed E-state index contributed by atoms with van der Waals surface area (Å²) in [5.74, 6) is 6.49. The third-order valence-corrected chi connectivity index (χ3v) is 5.26. The lowest BCUT2D eigenvalue weighted by molar-refractivity contribution is 0.101. The molecule has 2 aromatic heterocycles. The Labute approximate surface area is 154 Å². The standard InChI is InChI=1S/C18H16N6OS/c1-11-12(8-9-16-19-15(10-26-16)13-5-2-6-13)4-3-7-14(11)20-18(25)17-21-23-24-22-17/h3-4,7,10,13H,2,5-6H2,1H3,(H,20,25)(H,21,22,23,24). The van der Waals surface area contributed by atoms with Crippen LogP contribution in [0.4, 0.5) is 5.69 Å². The topological polar surface area (TPSA) is 96.5 Å². The Morgan fingerprint density at radius 3 is 2.96 bits per heavy atom. The number of rotatable bonds is 3. The normalized spacial score (nSPS) is 13.6. The Balaban J connectivity index is 1.52. The maximum Gasteiger partial charge on any atom is 0.297 e. The Kier molecular flexibility index (Phi) is 4.46. The number of thiazole rings is 1. The number of nitrogens with zero attached hydrogens (tertiary/aromatic N) is 4. The van der Waals surface area contributed by atoms with Crippen LogP contribution in [0.5, 0.6) is 0 Å². The highest BCUT2D eigenvalue weighted by molar-refractivity contribution is 7.10. The SMILES string of the molecule is Cc1c(C#Cc2nc(C3CCC3)cs2)cccc1NC(=O)c1nn[nH]n1. The van der Waals surface area contributed by atoms with Crippen molar-refractivity contribution < 1.29 is 4.79 Å². The molecule has 130 valence electrons. The van der Waals surface area contributed by atoms with Crippen molar-refractivity contribution in [2.75, 3.05) is 5.32 Å². The molecule has 26 heavy (non-hydrogen) atoms. The van der Waals surface area contributed by atoms with Crippen molar-refractivity contribution in [3.05, 3.63) is 51.2 Å². The zero-order valence-corrected chi connectivity index (χ0v) is 14.9. The lowest BCUT2D eigenvalue weighted by atomic mass is 9.83. The average Bonchev–Trinajstić information content (AvgIpc) is 3.26. The molecule has 3 aromatic rings. The van der Waals surface area contributed by atoms with E-state index in [0.29, 0.717) is 11.6 Å². The van der Waals surface area contributed by atoms with Gasteiger partial charge in [-0.05, 0) is 48.6 Å². The fraction of sp³-hybridized carbons (Fsp3) is 0.278. The first-order chi connectivity index (χ1) is 12.7. The van der Waals surface area contributed by atoms with E-state index in [1.54, 1.807) is 11.3 Å². The van der Waals surface area contributed by atoms with E-state index in [9.17, 15) is 4.79 Å². The van der Waals surface area contributed by atoms with E-state index >= 15 is 0 Å². The van der Waals surface area contributed by atoms with Gasteiger partial charge in [-0.1, -0.05) is 18.4 Å². The van der Waals surface area contributed by atoms with E-state index in [2.05, 4.69) is 48.1 Å². The largest absolute Gasteiger partial charge is 0.319 e. The summed E-state index contributed by atoms with van der Waals surface area (Å²) in [6.45, 7) is 1.91. The van der Waals surface area contributed by atoms with Crippen LogP contribution in [0.1, 0.15) is 57.6 Å². The van der Waals surface area contributed by atoms with Gasteiger partial charge in [-0.3, -0.25) is 4.79 Å². The Hall–Kier alpha value is -3.05. The van der Waals surface area contributed by atoms with Crippen LogP contribution in [0.2, 0.25) is 0 Å². The van der Waals surface area contributed by atoms with Gasteiger partial charge in [0.15, 0.2) is 5.01 Å². The number of benzene rings is 1. The molecule has 0 saturated heterocycles. The molecule has 1 amide bonds. The van der Waals surface area contributed by atoms with Gasteiger partial charge < -0.3 is 5.32 Å². The number of anilines is 1. The van der Waals surface area contributed by atoms with E-state index in [-0.39, 0.29) is 5.82 Å². The van der Waals surface area contributed by atoms with Gasteiger partial charge in [-0.15, -0.1) is 21.5 Å². The fourth-order valence-electron chi connectivity index (χ4n) is 2.70. The van der Waals surface area contributed by atoms with Crippen molar-refractivity contribution in [2.24, 2.45) is 0 Å². The number of aromatic amines is 1. The zero-order valence-electron chi connectivity index (χ0n) is 14.1. The van der Waals surface area contributed by atoms with Gasteiger partial charge in [0, 0.05) is 22.5 Å². The van der Waals surface area contributed by atoms with Gasteiger partial charge in [0.25, 0.3) is 11.7 Å². The highest BCUT2D eigenvalue weighted by atomic mass is 32.1. The van der Waals surface area contributed by atoms with E-state index in [1.807, 2.05) is 25.1 Å². The third-order valence-electron chi connectivity index (χ3n) is 4.48. The Morgan fingerprint density at radius 2 is 2.23 bits per heavy atom. The maximum absolute atomic E-state index is 12.1. The number of hydrogen-bond donors (Lipinski definition) is 2. The third kappa shape index (κ3) is 3.34. The molecular formula is C18H16N6OS. The quantitative estimate of drug-likeness (QED) is 0.697. The van der Waals surface area contributed by atoms with Crippen molar-refractivity contribution in [1.29, 1.82) is 0 Å². The molecular weight excluding hydrogens is 348 g/mol. The fourth-order valence-corrected chi connectivity index (χ4v) is 3.44. The molecule has 2 N–H and O–H groups in total. The van der Waals surface area contributed by atoms with E-state index in [4.69, 9.17) is 0 Å². The smallest absolute Gasteiger partial charge is 0.297 e. The van der Waals surface area contributed by atoms with Crippen LogP contribution in [0.25, 0.3) is 0 Å². The lowest BCUT2D eigenvalue weighted by Crippen LogP contribution is -2.14. The van der Waals surface area contributed by atoms with Gasteiger partial charge >= 0.3 is 0 Å². The van der Waals surface area contributed by atoms with E-state index < -0.39 is 5.91 Å². The first kappa shape index (κ1) is 16.4. The van der Waals surface area contributed by atoms with Crippen LogP contribution in [0.3, 0.4) is 0 Å². The molecule has 8 heteroatoms. The first-order valence-electron chi connectivity index (χ1n) is 8.32. The summed E-state index contributed by atoms with van der Waals surface area (Å²) >= 11 is 1.58. The second-order valence-corrected chi connectivity index (χ2v) is 6.98. The van der Waals surface area contributed by atoms with Crippen LogP contribution in [0.15, 0.2) is 23.6 Å². The summed E-state index contributed by atoms with van der Waals surface area (Å²) < 4.78 is 0. The minimum Gasteiger partial charge on any atom is -0.319 e. The second kappa shape index (κ2) is 7.06. The van der Waals surface area contributed by atoms with Gasteiger partial charge in [0.2, 0.25) is 0 Å². The zero-order chi connectivity index (χ0) is 17.9. The summed E-state index contributed by atoms with van der Waals surface area (Å²) in [5.41, 5.74) is 3.56. The molecule has 0 radical (unpaired) electrons. The van der Waals surface area contributed by atoms with Crippen molar-refractivity contribution in [1.82, 2.24) is 25.6 Å². The second-order valence-electron chi connectivity index (χ2n) is 6.12. The first-order valence-corrected chi connectivity index (χ1v) is 9.20. The summed E-state index contributed by atoms with van der Waals surface area (Å²) in [5, 5.41) is 18.7. The highest BCUT2D eigenvalue weighted by Crippen LogP contribution is 2.36. The number of nitrogens with one attached hydrogen (secondary N) is 2. The molecule has 1 aromatic carbocycles. The Morgan fingerprint density at radius 1 is 1.35 bits per heavy atom. The number of hydrogen-bond acceptors (Lipinski definition) is 6. The van der Waals surface area contributed by atoms with Gasteiger partial charge in [0.1, 0.15) is 0 Å².